The number of hydrogen-bond donors (Lipinski definition) is 0. The second kappa shape index (κ2) is 18.6. The first-order chi connectivity index (χ1) is 21.6. The van der Waals surface area contributed by atoms with Crippen molar-refractivity contribution in [3.63, 3.8) is 0 Å². The fraction of sp³-hybridized carbons (Fsp3) is 0.275. The Hall–Kier alpha value is -3.38. The third kappa shape index (κ3) is 8.88. The van der Waals surface area contributed by atoms with Crippen LogP contribution in [0.5, 0.6) is 0 Å². The van der Waals surface area contributed by atoms with E-state index in [1.165, 1.54) is 43.8 Å². The van der Waals surface area contributed by atoms with E-state index in [1.807, 2.05) is 6.08 Å². The van der Waals surface area contributed by atoms with Crippen LogP contribution < -0.4 is 0 Å². The third-order valence-corrected chi connectivity index (χ3v) is 7.61. The van der Waals surface area contributed by atoms with Crippen LogP contribution >= 0.6 is 0 Å². The topological polar surface area (TPSA) is 55.2 Å². The zero-order valence-electron chi connectivity index (χ0n) is 27.5. The molecule has 1 aliphatic carbocycles. The van der Waals surface area contributed by atoms with E-state index in [-0.39, 0.29) is 31.9 Å². The number of allylic oxidation sites excluding steroid dienone is 4. The molecule has 1 aromatic heterocycles. The average molecular weight is 759 g/mol. The Morgan fingerprint density at radius 2 is 1.29 bits per heavy atom. The predicted octanol–water partition coefficient (Wildman–Crippen LogP) is 11.1. The zero-order valence-corrected chi connectivity index (χ0v) is 31.1. The molecule has 6 rings (SSSR count). The van der Waals surface area contributed by atoms with Gasteiger partial charge in [0.15, 0.2) is 0 Å². The summed E-state index contributed by atoms with van der Waals surface area (Å²) in [5, 5.41) is 17.5. The predicted molar refractivity (Wildman–Crippen MR) is 191 cm³/mol. The molecule has 0 aliphatic heterocycles. The van der Waals surface area contributed by atoms with Crippen molar-refractivity contribution in [3.8, 4) is 0 Å². The standard InChI is InChI=1S/C36H32N2.2C2H6N.Hf/c1-3-25-18-12-19-26(4-2)35(25)38-36(33-23-13-22-32(37-33)27-14-6-5-7-15-27)34-30-20-10-8-16-28(30)24-29-17-9-11-21-31(29)34;2*1-3-2;/h5-6,8-13,16-24,36H,3-4,7,15H2,1-2H3;2*1-2H3;/q-2;2*-1;+4. The molecule has 0 bridgehead atoms. The van der Waals surface area contributed by atoms with Crippen LogP contribution in [-0.2, 0) is 38.7 Å². The molecule has 0 saturated carbocycles. The maximum absolute atomic E-state index is 5.62. The molecule has 0 spiro atoms. The third-order valence-electron chi connectivity index (χ3n) is 7.61. The molecule has 45 heavy (non-hydrogen) atoms. The number of pyridine rings is 1. The second-order valence-corrected chi connectivity index (χ2v) is 10.8. The number of aromatic nitrogens is 1. The van der Waals surface area contributed by atoms with Crippen molar-refractivity contribution in [3.05, 3.63) is 153 Å². The summed E-state index contributed by atoms with van der Waals surface area (Å²) >= 11 is 0. The van der Waals surface area contributed by atoms with E-state index in [9.17, 15) is 0 Å². The fourth-order valence-electron chi connectivity index (χ4n) is 5.65. The van der Waals surface area contributed by atoms with Crippen molar-refractivity contribution in [1.82, 2.24) is 4.98 Å². The van der Waals surface area contributed by atoms with Gasteiger partial charge in [0.1, 0.15) is 0 Å². The van der Waals surface area contributed by atoms with Gasteiger partial charge in [-0.1, -0.05) is 117 Å². The summed E-state index contributed by atoms with van der Waals surface area (Å²) in [6.07, 6.45) is 11.5. The Kier molecular flexibility index (Phi) is 14.9. The van der Waals surface area contributed by atoms with Crippen LogP contribution in [-0.4, -0.2) is 33.2 Å². The minimum absolute atomic E-state index is 0. The quantitative estimate of drug-likeness (QED) is 0.0926. The van der Waals surface area contributed by atoms with Crippen molar-refractivity contribution in [1.29, 1.82) is 0 Å². The molecule has 228 valence electrons. The smallest absolute Gasteiger partial charge is 0.673 e. The van der Waals surface area contributed by atoms with Gasteiger partial charge in [-0.25, -0.2) is 0 Å². The largest absolute Gasteiger partial charge is 4.00 e. The molecule has 1 atom stereocenters. The number of benzene rings is 4. The van der Waals surface area contributed by atoms with Gasteiger partial charge >= 0.3 is 25.8 Å². The van der Waals surface area contributed by atoms with Crippen molar-refractivity contribution in [2.75, 3.05) is 28.2 Å². The number of hydrogen-bond acceptors (Lipinski definition) is 1. The summed E-state index contributed by atoms with van der Waals surface area (Å²) in [7, 11) is 7.00. The molecule has 0 N–H and O–H groups in total. The Balaban J connectivity index is 0.000000733. The number of rotatable bonds is 7. The van der Waals surface area contributed by atoms with Crippen molar-refractivity contribution >= 4 is 32.8 Å². The first-order valence-corrected chi connectivity index (χ1v) is 15.5. The molecule has 4 aromatic carbocycles. The van der Waals surface area contributed by atoms with Crippen molar-refractivity contribution in [2.24, 2.45) is 0 Å². The normalized spacial score (nSPS) is 12.6. The number of fused-ring (bicyclic) bond motifs is 2. The Morgan fingerprint density at radius 1 is 0.733 bits per heavy atom. The SMILES string of the molecule is CCc1cccc(CC)c1[N-]C(c1cccc(C2=[C-]C=CCC2)n1)c1c2ccccc2cc2ccccc12.C[N-]C.C[N-]C.[Hf+4]. The number of aryl methyl sites for hydroxylation is 2. The van der Waals surface area contributed by atoms with Crippen LogP contribution in [0.2, 0.25) is 0 Å². The van der Waals surface area contributed by atoms with E-state index >= 15 is 0 Å². The molecule has 0 fully saturated rings. The zero-order chi connectivity index (χ0) is 31.3. The second-order valence-electron chi connectivity index (χ2n) is 10.8. The molecule has 4 nitrogen and oxygen atoms in total. The molecule has 0 saturated heterocycles. The van der Waals surface area contributed by atoms with Crippen LogP contribution in [0.25, 0.3) is 43.1 Å². The van der Waals surface area contributed by atoms with E-state index in [0.29, 0.717) is 0 Å². The molecule has 5 heteroatoms. The summed E-state index contributed by atoms with van der Waals surface area (Å²) in [6.45, 7) is 4.43. The van der Waals surface area contributed by atoms with Crippen LogP contribution in [0.15, 0.2) is 103 Å². The summed E-state index contributed by atoms with van der Waals surface area (Å²) in [5.41, 5.74) is 8.03. The van der Waals surface area contributed by atoms with E-state index in [0.717, 1.165) is 42.8 Å². The number of para-hydroxylation sites is 1. The summed E-state index contributed by atoms with van der Waals surface area (Å²) in [5.74, 6) is 0. The van der Waals surface area contributed by atoms with E-state index in [2.05, 4.69) is 128 Å². The van der Waals surface area contributed by atoms with E-state index in [1.54, 1.807) is 28.2 Å². The van der Waals surface area contributed by atoms with Gasteiger partial charge in [-0.15, -0.1) is 11.3 Å². The molecular formula is C40H44HfN4. The minimum Gasteiger partial charge on any atom is -0.673 e. The van der Waals surface area contributed by atoms with Gasteiger partial charge in [-0.3, -0.25) is 0 Å². The molecule has 1 unspecified atom stereocenters. The van der Waals surface area contributed by atoms with E-state index in [4.69, 9.17) is 10.3 Å². The van der Waals surface area contributed by atoms with Crippen LogP contribution in [0.4, 0.5) is 5.69 Å². The first kappa shape index (κ1) is 36.1. The van der Waals surface area contributed by atoms with Gasteiger partial charge in [0.05, 0.1) is 0 Å². The molecule has 0 amide bonds. The maximum Gasteiger partial charge on any atom is 4.00 e. The van der Waals surface area contributed by atoms with Gasteiger partial charge in [0.25, 0.3) is 0 Å². The van der Waals surface area contributed by atoms with Gasteiger partial charge in [-0.2, -0.15) is 46.4 Å². The van der Waals surface area contributed by atoms with Crippen LogP contribution in [0, 0.1) is 6.08 Å². The molecule has 0 radical (unpaired) electrons. The van der Waals surface area contributed by atoms with Gasteiger partial charge < -0.3 is 20.9 Å². The average Bonchev–Trinajstić information content (AvgIpc) is 3.07. The molecule has 1 aliphatic rings. The summed E-state index contributed by atoms with van der Waals surface area (Å²) < 4.78 is 0. The van der Waals surface area contributed by atoms with Crippen molar-refractivity contribution < 1.29 is 25.8 Å². The molecule has 5 aromatic rings. The monoisotopic (exact) mass is 760 g/mol. The summed E-state index contributed by atoms with van der Waals surface area (Å²) in [6, 6.07) is 32.4. The molecular weight excluding hydrogens is 715 g/mol. The van der Waals surface area contributed by atoms with Gasteiger partial charge in [0.2, 0.25) is 0 Å². The Morgan fingerprint density at radius 3 is 1.82 bits per heavy atom. The van der Waals surface area contributed by atoms with Gasteiger partial charge in [-0.05, 0) is 63.8 Å². The maximum atomic E-state index is 5.62. The molecule has 1 heterocycles. The first-order valence-electron chi connectivity index (χ1n) is 15.5. The Labute approximate surface area is 289 Å². The fourth-order valence-corrected chi connectivity index (χ4v) is 5.65. The minimum atomic E-state index is -0.247. The van der Waals surface area contributed by atoms with Crippen LogP contribution in [0.3, 0.4) is 0 Å². The number of nitrogens with zero attached hydrogens (tertiary/aromatic N) is 4. The van der Waals surface area contributed by atoms with Crippen LogP contribution in [0.1, 0.15) is 60.8 Å². The summed E-state index contributed by atoms with van der Waals surface area (Å²) in [4.78, 5) is 5.27. The Bertz CT molecular complexity index is 1640. The van der Waals surface area contributed by atoms with E-state index < -0.39 is 0 Å². The van der Waals surface area contributed by atoms with Gasteiger partial charge in [0, 0.05) is 5.69 Å². The van der Waals surface area contributed by atoms with Crippen molar-refractivity contribution in [2.45, 2.75) is 45.6 Å².